The maximum Gasteiger partial charge on any atom is 0.124 e. The van der Waals surface area contributed by atoms with Crippen molar-refractivity contribution in [3.8, 4) is 5.75 Å². The van der Waals surface area contributed by atoms with Gasteiger partial charge >= 0.3 is 0 Å². The van der Waals surface area contributed by atoms with Crippen LogP contribution in [-0.2, 0) is 6.42 Å². The van der Waals surface area contributed by atoms with E-state index in [-0.39, 0.29) is 0 Å². The summed E-state index contributed by atoms with van der Waals surface area (Å²) in [4.78, 5) is 0. The third-order valence-corrected chi connectivity index (χ3v) is 3.01. The molecular formula is C10H12BrNO. The van der Waals surface area contributed by atoms with E-state index in [1.807, 2.05) is 12.1 Å². The minimum Gasteiger partial charge on any atom is -0.496 e. The lowest BCUT2D eigenvalue weighted by Crippen LogP contribution is -2.13. The fourth-order valence-electron chi connectivity index (χ4n) is 1.71. The van der Waals surface area contributed by atoms with E-state index < -0.39 is 0 Å². The van der Waals surface area contributed by atoms with E-state index in [9.17, 15) is 0 Å². The first kappa shape index (κ1) is 8.88. The Bertz CT molecular complexity index is 325. The van der Waals surface area contributed by atoms with Crippen molar-refractivity contribution < 1.29 is 4.74 Å². The maximum absolute atomic E-state index is 5.31. The van der Waals surface area contributed by atoms with Gasteiger partial charge in [0.05, 0.1) is 12.8 Å². The molecule has 0 bridgehead atoms. The molecule has 1 aliphatic rings. The Kier molecular flexibility index (Phi) is 2.44. The standard InChI is InChI=1S/C10H12BrNO/c1-13-9-5-4-8(11)10-7(9)3-2-6-12-10/h4-5,12H,2-3,6H2,1H3. The predicted octanol–water partition coefficient (Wildman–Crippen LogP) is 2.82. The largest absolute Gasteiger partial charge is 0.496 e. The van der Waals surface area contributed by atoms with Crippen molar-refractivity contribution in [1.82, 2.24) is 0 Å². The van der Waals surface area contributed by atoms with Crippen LogP contribution in [0.5, 0.6) is 5.75 Å². The number of anilines is 1. The number of halogens is 1. The van der Waals surface area contributed by atoms with E-state index in [0.717, 1.165) is 23.2 Å². The SMILES string of the molecule is COc1ccc(Br)c2c1CCCN2. The third-order valence-electron chi connectivity index (χ3n) is 2.34. The highest BCUT2D eigenvalue weighted by Gasteiger charge is 2.15. The molecule has 1 aromatic rings. The molecule has 0 spiro atoms. The molecule has 3 heteroatoms. The third kappa shape index (κ3) is 1.53. The highest BCUT2D eigenvalue weighted by Crippen LogP contribution is 2.36. The van der Waals surface area contributed by atoms with Gasteiger partial charge in [-0.3, -0.25) is 0 Å². The molecule has 0 amide bonds. The Hall–Kier alpha value is -0.700. The van der Waals surface area contributed by atoms with Crippen molar-refractivity contribution in [1.29, 1.82) is 0 Å². The molecule has 0 radical (unpaired) electrons. The molecule has 0 saturated heterocycles. The molecule has 0 saturated carbocycles. The lowest BCUT2D eigenvalue weighted by atomic mass is 10.0. The van der Waals surface area contributed by atoms with Gasteiger partial charge in [-0.15, -0.1) is 0 Å². The molecule has 70 valence electrons. The van der Waals surface area contributed by atoms with Crippen LogP contribution in [0.25, 0.3) is 0 Å². The normalized spacial score (nSPS) is 14.6. The van der Waals surface area contributed by atoms with Crippen LogP contribution in [0.2, 0.25) is 0 Å². The zero-order valence-electron chi connectivity index (χ0n) is 7.56. The summed E-state index contributed by atoms with van der Waals surface area (Å²) in [7, 11) is 1.72. The second kappa shape index (κ2) is 3.58. The number of hydrogen-bond donors (Lipinski definition) is 1. The maximum atomic E-state index is 5.31. The minimum absolute atomic E-state index is 0.991. The number of fused-ring (bicyclic) bond motifs is 1. The first-order chi connectivity index (χ1) is 6.33. The molecule has 13 heavy (non-hydrogen) atoms. The van der Waals surface area contributed by atoms with Crippen LogP contribution in [0.1, 0.15) is 12.0 Å². The summed E-state index contributed by atoms with van der Waals surface area (Å²) >= 11 is 3.53. The fourth-order valence-corrected chi connectivity index (χ4v) is 2.22. The molecule has 0 unspecified atom stereocenters. The summed E-state index contributed by atoms with van der Waals surface area (Å²) in [6.45, 7) is 1.05. The Morgan fingerprint density at radius 2 is 2.31 bits per heavy atom. The summed E-state index contributed by atoms with van der Waals surface area (Å²) in [6, 6.07) is 4.03. The summed E-state index contributed by atoms with van der Waals surface area (Å²) < 4.78 is 6.43. The van der Waals surface area contributed by atoms with Gasteiger partial charge in [0.1, 0.15) is 5.75 Å². The van der Waals surface area contributed by atoms with Crippen LogP contribution in [0.4, 0.5) is 5.69 Å². The molecule has 0 aliphatic carbocycles. The lowest BCUT2D eigenvalue weighted by Gasteiger charge is -2.21. The van der Waals surface area contributed by atoms with E-state index in [4.69, 9.17) is 4.74 Å². The molecule has 2 rings (SSSR count). The van der Waals surface area contributed by atoms with Crippen LogP contribution in [0.15, 0.2) is 16.6 Å². The average Bonchev–Trinajstić information content (AvgIpc) is 2.19. The average molecular weight is 242 g/mol. The smallest absolute Gasteiger partial charge is 0.124 e. The summed E-state index contributed by atoms with van der Waals surface area (Å²) in [6.07, 6.45) is 2.28. The Labute approximate surface area is 86.4 Å². The number of benzene rings is 1. The van der Waals surface area contributed by atoms with Crippen LogP contribution >= 0.6 is 15.9 Å². The van der Waals surface area contributed by atoms with Gasteiger partial charge in [-0.05, 0) is 40.9 Å². The van der Waals surface area contributed by atoms with Gasteiger partial charge < -0.3 is 10.1 Å². The van der Waals surface area contributed by atoms with Gasteiger partial charge in [-0.2, -0.15) is 0 Å². The predicted molar refractivity (Wildman–Crippen MR) is 57.5 cm³/mol. The first-order valence-electron chi connectivity index (χ1n) is 4.42. The van der Waals surface area contributed by atoms with Crippen LogP contribution in [0, 0.1) is 0 Å². The molecule has 1 N–H and O–H groups in total. The molecule has 0 atom stereocenters. The van der Waals surface area contributed by atoms with Crippen molar-refractivity contribution in [2.75, 3.05) is 19.0 Å². The van der Waals surface area contributed by atoms with Gasteiger partial charge in [0.15, 0.2) is 0 Å². The lowest BCUT2D eigenvalue weighted by molar-refractivity contribution is 0.409. The van der Waals surface area contributed by atoms with Crippen LogP contribution < -0.4 is 10.1 Å². The number of hydrogen-bond acceptors (Lipinski definition) is 2. The number of methoxy groups -OCH3 is 1. The number of nitrogens with one attached hydrogen (secondary N) is 1. The minimum atomic E-state index is 0.991. The summed E-state index contributed by atoms with van der Waals surface area (Å²) in [5, 5.41) is 3.38. The highest BCUT2D eigenvalue weighted by atomic mass is 79.9. The Balaban J connectivity index is 2.52. The number of rotatable bonds is 1. The van der Waals surface area contributed by atoms with Gasteiger partial charge in [-0.25, -0.2) is 0 Å². The molecule has 1 aromatic carbocycles. The second-order valence-electron chi connectivity index (χ2n) is 3.13. The second-order valence-corrected chi connectivity index (χ2v) is 3.99. The summed E-state index contributed by atoms with van der Waals surface area (Å²) in [5.74, 6) is 0.991. The van der Waals surface area contributed by atoms with Crippen LogP contribution in [-0.4, -0.2) is 13.7 Å². The monoisotopic (exact) mass is 241 g/mol. The van der Waals surface area contributed by atoms with Gasteiger partial charge in [0.25, 0.3) is 0 Å². The quantitative estimate of drug-likeness (QED) is 0.817. The Morgan fingerprint density at radius 3 is 3.08 bits per heavy atom. The Morgan fingerprint density at radius 1 is 1.46 bits per heavy atom. The van der Waals surface area contributed by atoms with E-state index in [1.165, 1.54) is 17.7 Å². The molecule has 2 nitrogen and oxygen atoms in total. The molecular weight excluding hydrogens is 230 g/mol. The van der Waals surface area contributed by atoms with Gasteiger partial charge in [0, 0.05) is 16.6 Å². The van der Waals surface area contributed by atoms with Gasteiger partial charge in [0.2, 0.25) is 0 Å². The van der Waals surface area contributed by atoms with E-state index in [1.54, 1.807) is 7.11 Å². The fraction of sp³-hybridized carbons (Fsp3) is 0.400. The molecule has 0 aromatic heterocycles. The van der Waals surface area contributed by atoms with E-state index >= 15 is 0 Å². The molecule has 1 aliphatic heterocycles. The number of ether oxygens (including phenoxy) is 1. The zero-order valence-corrected chi connectivity index (χ0v) is 9.15. The van der Waals surface area contributed by atoms with Crippen molar-refractivity contribution in [2.24, 2.45) is 0 Å². The zero-order chi connectivity index (χ0) is 9.26. The van der Waals surface area contributed by atoms with Crippen molar-refractivity contribution >= 4 is 21.6 Å². The van der Waals surface area contributed by atoms with Crippen molar-refractivity contribution in [3.63, 3.8) is 0 Å². The highest BCUT2D eigenvalue weighted by molar-refractivity contribution is 9.10. The van der Waals surface area contributed by atoms with Crippen molar-refractivity contribution in [2.45, 2.75) is 12.8 Å². The summed E-state index contributed by atoms with van der Waals surface area (Å²) in [5.41, 5.74) is 2.49. The first-order valence-corrected chi connectivity index (χ1v) is 5.21. The van der Waals surface area contributed by atoms with Crippen molar-refractivity contribution in [3.05, 3.63) is 22.2 Å². The molecule has 1 heterocycles. The van der Waals surface area contributed by atoms with E-state index in [0.29, 0.717) is 0 Å². The van der Waals surface area contributed by atoms with Crippen LogP contribution in [0.3, 0.4) is 0 Å². The van der Waals surface area contributed by atoms with E-state index in [2.05, 4.69) is 21.2 Å². The van der Waals surface area contributed by atoms with Gasteiger partial charge in [-0.1, -0.05) is 0 Å². The molecule has 0 fully saturated rings. The topological polar surface area (TPSA) is 21.3 Å².